The van der Waals surface area contributed by atoms with Gasteiger partial charge in [0.15, 0.2) is 0 Å². The molecule has 0 spiro atoms. The molecule has 0 N–H and O–H groups in total. The predicted octanol–water partition coefficient (Wildman–Crippen LogP) is 26.4. The fourth-order valence-electron chi connectivity index (χ4n) is 6.42. The molecule has 73 heteroatoms. The van der Waals surface area contributed by atoms with Crippen LogP contribution in [0.4, 0.5) is 299 Å². The maximum atomic E-state index is 13.8. The van der Waals surface area contributed by atoms with Crippen LogP contribution in [0.3, 0.4) is 0 Å². The molecule has 0 aliphatic rings. The van der Waals surface area contributed by atoms with Crippen LogP contribution in [0, 0.1) is 0 Å². The van der Waals surface area contributed by atoms with Crippen LogP contribution in [0.2, 0.25) is 0 Å². The van der Waals surface area contributed by atoms with Crippen LogP contribution < -0.4 is 0 Å². The third kappa shape index (κ3) is 17.3. The third-order valence-corrected chi connectivity index (χ3v) is 15.4. The summed E-state index contributed by atoms with van der Waals surface area (Å²) in [5.74, 6) is -250. The first kappa shape index (κ1) is 114. The van der Waals surface area contributed by atoms with Gasteiger partial charge in [-0.1, -0.05) is 0 Å². The first-order valence-corrected chi connectivity index (χ1v) is 31.0. The van der Waals surface area contributed by atoms with Gasteiger partial charge in [0, 0.05) is 25.7 Å². The van der Waals surface area contributed by atoms with E-state index in [0.717, 1.165) is 0 Å². The van der Waals surface area contributed by atoms with Crippen LogP contribution in [0.1, 0.15) is 25.7 Å². The normalized spacial score (nSPS) is 16.7. The number of thioether (sulfide) groups is 2. The van der Waals surface area contributed by atoms with Crippen molar-refractivity contribution in [1.29, 1.82) is 0 Å². The van der Waals surface area contributed by atoms with E-state index in [1.54, 1.807) is 0 Å². The van der Waals surface area contributed by atoms with Crippen LogP contribution in [-0.2, 0) is 15.9 Å². The number of halogens is 70. The molecule has 0 radical (unpaired) electrons. The maximum absolute atomic E-state index is 13.8. The van der Waals surface area contributed by atoms with Crippen molar-refractivity contribution in [2.45, 2.75) is 216 Å². The molecule has 0 heterocycles. The molecule has 0 atom stereocenters. The van der Waals surface area contributed by atoms with Gasteiger partial charge in [0.2, 0.25) is 0 Å². The molecule has 113 heavy (non-hydrogen) atoms. The van der Waals surface area contributed by atoms with E-state index in [-0.39, 0.29) is 15.9 Å². The standard InChI is InChI=1S/2C20H8F34S.2ClH.Pd/c2*21-5(22,7(25,26)9(29,30)11(33,34)13(37,38)15(41,42)17(45,46)19(49,50)51)1-3-55-4-2-6(23,24)8(27,28)10(31,32)12(35,36)14(39,40)16(43,44)18(47,48)20(52,53)54;;;/h2*1-4H2;2*1H;/q;;;;+2/p-2. The van der Waals surface area contributed by atoms with Crippen molar-refractivity contribution in [1.82, 2.24) is 0 Å². The van der Waals surface area contributed by atoms with Crippen molar-refractivity contribution in [3.63, 3.8) is 0 Å². The Morgan fingerprint density at radius 1 is 0.133 bits per heavy atom. The van der Waals surface area contributed by atoms with E-state index in [4.69, 9.17) is 19.1 Å². The van der Waals surface area contributed by atoms with Crippen LogP contribution in [0.5, 0.6) is 0 Å². The van der Waals surface area contributed by atoms with Gasteiger partial charge in [0.1, 0.15) is 0 Å². The van der Waals surface area contributed by atoms with E-state index < -0.39 is 263 Å². The second-order valence-corrected chi connectivity index (χ2v) is 25.7. The molecule has 0 aromatic heterocycles. The minimum absolute atomic E-state index is 0.106. The van der Waals surface area contributed by atoms with Gasteiger partial charge >= 0.3 is 226 Å². The molecule has 0 fully saturated rings. The summed E-state index contributed by atoms with van der Waals surface area (Å²) in [5, 5.41) is 0. The summed E-state index contributed by atoms with van der Waals surface area (Å²) in [7, 11) is 9.63. The van der Waals surface area contributed by atoms with Gasteiger partial charge in [0.05, 0.1) is 0 Å². The average Bonchev–Trinajstić information content (AvgIpc) is 0.710. The van der Waals surface area contributed by atoms with Crippen molar-refractivity contribution in [2.75, 3.05) is 23.0 Å². The Labute approximate surface area is 595 Å². The zero-order chi connectivity index (χ0) is 93.8. The van der Waals surface area contributed by atoms with Gasteiger partial charge in [0.25, 0.3) is 0 Å². The quantitative estimate of drug-likeness (QED) is 0.0348. The molecule has 0 rings (SSSR count). The third-order valence-electron chi connectivity index (χ3n) is 13.4. The summed E-state index contributed by atoms with van der Waals surface area (Å²) in [6.07, 6.45) is -46.2. The van der Waals surface area contributed by atoms with Gasteiger partial charge in [-0.15, -0.1) is 0 Å². The molecule has 0 amide bonds. The van der Waals surface area contributed by atoms with E-state index in [1.165, 1.54) is 0 Å². The molecule has 0 aliphatic heterocycles. The summed E-state index contributed by atoms with van der Waals surface area (Å²) >= 11 is -2.64. The molecule has 0 aromatic rings. The molecule has 0 bridgehead atoms. The van der Waals surface area contributed by atoms with E-state index in [1.807, 2.05) is 0 Å². The monoisotopic (exact) mass is 2030 g/mol. The molecule has 0 aliphatic carbocycles. The topological polar surface area (TPSA) is 0 Å². The van der Waals surface area contributed by atoms with Crippen LogP contribution in [0.15, 0.2) is 0 Å². The van der Waals surface area contributed by atoms with Gasteiger partial charge in [-0.2, -0.15) is 322 Å². The minimum atomic E-state index is -9.07. The summed E-state index contributed by atoms with van der Waals surface area (Å²) in [4.78, 5) is 0. The molecule has 0 unspecified atom stereocenters. The van der Waals surface area contributed by atoms with E-state index >= 15 is 0 Å². The molecule has 0 nitrogen and oxygen atoms in total. The summed E-state index contributed by atoms with van der Waals surface area (Å²) in [5.41, 5.74) is 0. The Morgan fingerprint density at radius 2 is 0.204 bits per heavy atom. The van der Waals surface area contributed by atoms with E-state index in [0.29, 0.717) is 0 Å². The second kappa shape index (κ2) is 31.9. The summed E-state index contributed by atoms with van der Waals surface area (Å²) in [6.45, 7) is 0. The molecule has 0 saturated heterocycles. The molecular formula is C40H16Cl2F68PdS2. The Hall–Kier alpha value is -2.82. The fourth-order valence-corrected chi connectivity index (χ4v) is 8.43. The van der Waals surface area contributed by atoms with Crippen molar-refractivity contribution >= 4 is 42.6 Å². The van der Waals surface area contributed by atoms with Crippen LogP contribution in [-0.4, -0.2) is 214 Å². The summed E-state index contributed by atoms with van der Waals surface area (Å²) in [6, 6.07) is 0. The number of alkyl halides is 68. The summed E-state index contributed by atoms with van der Waals surface area (Å²) < 4.78 is 898. The van der Waals surface area contributed by atoms with Gasteiger partial charge in [-0.05, 0) is 23.0 Å². The van der Waals surface area contributed by atoms with Crippen LogP contribution >= 0.6 is 42.6 Å². The Kier molecular flexibility index (Phi) is 32.3. The average molecular weight is 2030 g/mol. The van der Waals surface area contributed by atoms with Gasteiger partial charge in [-0.3, -0.25) is 0 Å². The Morgan fingerprint density at radius 3 is 0.283 bits per heavy atom. The molecule has 0 aromatic carbocycles. The number of hydrogen-bond acceptors (Lipinski definition) is 2. The molecule has 688 valence electrons. The van der Waals surface area contributed by atoms with E-state index in [9.17, 15) is 299 Å². The van der Waals surface area contributed by atoms with E-state index in [2.05, 4.69) is 0 Å². The zero-order valence-electron chi connectivity index (χ0n) is 49.2. The van der Waals surface area contributed by atoms with Crippen molar-refractivity contribution in [3.05, 3.63) is 0 Å². The number of hydrogen-bond donors (Lipinski definition) is 0. The second-order valence-electron chi connectivity index (χ2n) is 20.9. The van der Waals surface area contributed by atoms with Crippen molar-refractivity contribution in [3.8, 4) is 0 Å². The first-order chi connectivity index (χ1) is 47.8. The SMILES string of the molecule is FC(F)(F)C(F)(F)C(F)(F)C(F)(F)C(F)(F)C(F)(F)C(F)(F)C(F)(F)CCSCCC(F)(F)C(F)(F)C(F)(F)C(F)(F)C(F)(F)C(F)(F)C(F)(F)C(F)(F)F.FC(F)(F)C(F)(F)C(F)(F)C(F)(F)C(F)(F)C(F)(F)C(F)(F)C(F)(F)CCSCCC(F)(F)C(F)(F)C(F)(F)C(F)(F)C(F)(F)C(F)(F)C(F)(F)C(F)(F)F.[Cl][Pd][Cl]. The van der Waals surface area contributed by atoms with Crippen LogP contribution in [0.25, 0.3) is 0 Å². The number of rotatable bonds is 36. The Bertz CT molecular complexity index is 2700. The first-order valence-electron chi connectivity index (χ1n) is 24.7. The molecular weight excluding hydrogens is 2010 g/mol. The van der Waals surface area contributed by atoms with Gasteiger partial charge in [-0.25, -0.2) is 0 Å². The van der Waals surface area contributed by atoms with Gasteiger partial charge < -0.3 is 0 Å². The zero-order valence-corrected chi connectivity index (χ0v) is 53.9. The van der Waals surface area contributed by atoms with Crippen molar-refractivity contribution in [2.24, 2.45) is 0 Å². The van der Waals surface area contributed by atoms with Crippen molar-refractivity contribution < 1.29 is 314 Å². The fraction of sp³-hybridized carbons (Fsp3) is 1.00. The predicted molar refractivity (Wildman–Crippen MR) is 228 cm³/mol. The Balaban J connectivity index is -0.00000207. The molecule has 0 saturated carbocycles.